The molecule has 1 aromatic heterocycles. The van der Waals surface area contributed by atoms with E-state index in [2.05, 4.69) is 22.5 Å². The molecule has 0 saturated carbocycles. The smallest absolute Gasteiger partial charge is 0.270 e. The van der Waals surface area contributed by atoms with Crippen LogP contribution in [0.5, 0.6) is 0 Å². The summed E-state index contributed by atoms with van der Waals surface area (Å²) in [6.45, 7) is 1.13. The van der Waals surface area contributed by atoms with E-state index < -0.39 is 0 Å². The number of thiazole rings is 1. The number of hydrogen-bond donors (Lipinski definition) is 2. The second-order valence-electron chi connectivity index (χ2n) is 4.19. The van der Waals surface area contributed by atoms with Crippen LogP contribution in [-0.4, -0.2) is 17.4 Å². The van der Waals surface area contributed by atoms with E-state index in [1.807, 2.05) is 0 Å². The number of carbonyl (C=O) groups is 1. The molecule has 0 spiro atoms. The van der Waals surface area contributed by atoms with Crippen molar-refractivity contribution in [3.8, 4) is 0 Å². The summed E-state index contributed by atoms with van der Waals surface area (Å²) in [6.07, 6.45) is 7.73. The van der Waals surface area contributed by atoms with E-state index >= 15 is 0 Å². The highest BCUT2D eigenvalue weighted by Crippen LogP contribution is 2.17. The minimum Gasteiger partial charge on any atom is -0.350 e. The molecule has 1 aromatic rings. The Morgan fingerprint density at radius 2 is 2.47 bits per heavy atom. The molecule has 3 N–H and O–H groups in total. The number of allylic oxidation sites excluding steroid dienone is 2. The minimum absolute atomic E-state index is 0.0875. The first-order valence-corrected chi connectivity index (χ1v) is 6.75. The Morgan fingerprint density at radius 1 is 1.59 bits per heavy atom. The number of carbonyl (C=O) groups excluding carboxylic acids is 1. The maximum Gasteiger partial charge on any atom is 0.270 e. The van der Waals surface area contributed by atoms with Crippen LogP contribution in [0.4, 0.5) is 0 Å². The molecule has 17 heavy (non-hydrogen) atoms. The van der Waals surface area contributed by atoms with E-state index in [9.17, 15) is 4.79 Å². The van der Waals surface area contributed by atoms with Crippen LogP contribution in [0.25, 0.3) is 0 Å². The van der Waals surface area contributed by atoms with E-state index in [0.29, 0.717) is 18.2 Å². The Labute approximate surface area is 105 Å². The number of rotatable bonds is 4. The number of nitrogens with two attached hydrogens (primary N) is 1. The Morgan fingerprint density at radius 3 is 3.12 bits per heavy atom. The summed E-state index contributed by atoms with van der Waals surface area (Å²) in [5.41, 5.74) is 5.95. The molecule has 0 saturated heterocycles. The molecular weight excluding hydrogens is 234 g/mol. The van der Waals surface area contributed by atoms with Crippen LogP contribution in [0.2, 0.25) is 0 Å². The van der Waals surface area contributed by atoms with E-state index in [4.69, 9.17) is 5.73 Å². The summed E-state index contributed by atoms with van der Waals surface area (Å²) >= 11 is 1.43. The number of hydrogen-bond acceptors (Lipinski definition) is 4. The van der Waals surface area contributed by atoms with Crippen molar-refractivity contribution in [1.29, 1.82) is 0 Å². The molecule has 0 aliphatic heterocycles. The fraction of sp³-hybridized carbons (Fsp3) is 0.500. The lowest BCUT2D eigenvalue weighted by Crippen LogP contribution is -2.29. The Hall–Kier alpha value is -1.20. The molecule has 5 heteroatoms. The van der Waals surface area contributed by atoms with Gasteiger partial charge in [0.1, 0.15) is 10.7 Å². The van der Waals surface area contributed by atoms with Crippen LogP contribution in [0.15, 0.2) is 17.5 Å². The average Bonchev–Trinajstić information content (AvgIpc) is 2.86. The molecule has 0 fully saturated rings. The summed E-state index contributed by atoms with van der Waals surface area (Å²) in [4.78, 5) is 16.0. The van der Waals surface area contributed by atoms with Gasteiger partial charge in [0.2, 0.25) is 0 Å². The third-order valence-corrected chi connectivity index (χ3v) is 3.76. The van der Waals surface area contributed by atoms with Crippen molar-refractivity contribution in [2.75, 3.05) is 6.54 Å². The third kappa shape index (κ3) is 3.38. The normalized spacial score (nSPS) is 19.2. The van der Waals surface area contributed by atoms with Gasteiger partial charge in [0.15, 0.2) is 0 Å². The van der Waals surface area contributed by atoms with E-state index in [1.165, 1.54) is 11.3 Å². The lowest BCUT2D eigenvalue weighted by Gasteiger charge is -2.17. The first kappa shape index (κ1) is 12.3. The topological polar surface area (TPSA) is 68.0 Å². The SMILES string of the molecule is NCc1nc(C(=O)NCC2CC=CCC2)cs1. The lowest BCUT2D eigenvalue weighted by molar-refractivity contribution is 0.0942. The van der Waals surface area contributed by atoms with E-state index in [1.54, 1.807) is 5.38 Å². The zero-order chi connectivity index (χ0) is 12.1. The summed E-state index contributed by atoms with van der Waals surface area (Å²) in [5, 5.41) is 5.50. The van der Waals surface area contributed by atoms with Gasteiger partial charge in [-0.15, -0.1) is 11.3 Å². The molecule has 1 aliphatic rings. The largest absolute Gasteiger partial charge is 0.350 e. The molecule has 1 unspecified atom stereocenters. The third-order valence-electron chi connectivity index (χ3n) is 2.89. The zero-order valence-electron chi connectivity index (χ0n) is 9.69. The Kier molecular flexibility index (Phi) is 4.28. The molecule has 0 bridgehead atoms. The predicted molar refractivity (Wildman–Crippen MR) is 68.8 cm³/mol. The molecule has 1 heterocycles. The molecule has 2 rings (SSSR count). The fourth-order valence-electron chi connectivity index (χ4n) is 1.88. The molecule has 0 aromatic carbocycles. The average molecular weight is 251 g/mol. The lowest BCUT2D eigenvalue weighted by atomic mass is 9.94. The van der Waals surface area contributed by atoms with Gasteiger partial charge in [-0.2, -0.15) is 0 Å². The second-order valence-corrected chi connectivity index (χ2v) is 5.13. The van der Waals surface area contributed by atoms with Gasteiger partial charge in [-0.1, -0.05) is 12.2 Å². The van der Waals surface area contributed by atoms with Crippen LogP contribution in [0.1, 0.15) is 34.8 Å². The van der Waals surface area contributed by atoms with Gasteiger partial charge < -0.3 is 11.1 Å². The maximum atomic E-state index is 11.8. The van der Waals surface area contributed by atoms with Crippen LogP contribution in [-0.2, 0) is 6.54 Å². The van der Waals surface area contributed by atoms with Crippen molar-refractivity contribution >= 4 is 17.2 Å². The first-order valence-electron chi connectivity index (χ1n) is 5.87. The van der Waals surface area contributed by atoms with Crippen molar-refractivity contribution in [2.45, 2.75) is 25.8 Å². The summed E-state index contributed by atoms with van der Waals surface area (Å²) in [7, 11) is 0. The van der Waals surface area contributed by atoms with Crippen LogP contribution in [0.3, 0.4) is 0 Å². The Balaban J connectivity index is 1.82. The number of nitrogens with zero attached hydrogens (tertiary/aromatic N) is 1. The van der Waals surface area contributed by atoms with Gasteiger partial charge in [-0.25, -0.2) is 4.98 Å². The van der Waals surface area contributed by atoms with Crippen LogP contribution < -0.4 is 11.1 Å². The molecular formula is C12H17N3OS. The zero-order valence-corrected chi connectivity index (χ0v) is 10.5. The van der Waals surface area contributed by atoms with Crippen LogP contribution >= 0.6 is 11.3 Å². The molecule has 1 aliphatic carbocycles. The molecule has 1 amide bonds. The highest BCUT2D eigenvalue weighted by Gasteiger charge is 2.14. The summed E-state index contributed by atoms with van der Waals surface area (Å²) in [6, 6.07) is 0. The number of aromatic nitrogens is 1. The highest BCUT2D eigenvalue weighted by atomic mass is 32.1. The summed E-state index contributed by atoms with van der Waals surface area (Å²) < 4.78 is 0. The quantitative estimate of drug-likeness (QED) is 0.800. The highest BCUT2D eigenvalue weighted by molar-refractivity contribution is 7.09. The van der Waals surface area contributed by atoms with Gasteiger partial charge in [0, 0.05) is 18.5 Å². The van der Waals surface area contributed by atoms with Crippen LogP contribution in [0, 0.1) is 5.92 Å². The van der Waals surface area contributed by atoms with Crippen molar-refractivity contribution < 1.29 is 4.79 Å². The Bertz CT molecular complexity index is 414. The molecule has 0 radical (unpaired) electrons. The van der Waals surface area contributed by atoms with E-state index in [0.717, 1.165) is 30.8 Å². The second kappa shape index (κ2) is 5.93. The van der Waals surface area contributed by atoms with Crippen molar-refractivity contribution in [3.05, 3.63) is 28.2 Å². The van der Waals surface area contributed by atoms with Crippen molar-refractivity contribution in [1.82, 2.24) is 10.3 Å². The standard InChI is InChI=1S/C12H17N3OS/c13-6-11-15-10(8-17-11)12(16)14-7-9-4-2-1-3-5-9/h1-2,8-9H,3-7,13H2,(H,14,16). The van der Waals surface area contributed by atoms with Gasteiger partial charge >= 0.3 is 0 Å². The number of amides is 1. The minimum atomic E-state index is -0.0875. The molecule has 4 nitrogen and oxygen atoms in total. The summed E-state index contributed by atoms with van der Waals surface area (Å²) in [5.74, 6) is 0.479. The van der Waals surface area contributed by atoms with Crippen molar-refractivity contribution in [2.24, 2.45) is 11.7 Å². The van der Waals surface area contributed by atoms with Gasteiger partial charge in [0.05, 0.1) is 0 Å². The van der Waals surface area contributed by atoms with Crippen molar-refractivity contribution in [3.63, 3.8) is 0 Å². The number of nitrogens with one attached hydrogen (secondary N) is 1. The maximum absolute atomic E-state index is 11.8. The fourth-order valence-corrected chi connectivity index (χ4v) is 2.53. The van der Waals surface area contributed by atoms with Gasteiger partial charge in [-0.05, 0) is 25.2 Å². The van der Waals surface area contributed by atoms with E-state index in [-0.39, 0.29) is 5.91 Å². The molecule has 92 valence electrons. The van der Waals surface area contributed by atoms with Gasteiger partial charge in [0.25, 0.3) is 5.91 Å². The molecule has 1 atom stereocenters. The predicted octanol–water partition coefficient (Wildman–Crippen LogP) is 1.69. The monoisotopic (exact) mass is 251 g/mol. The first-order chi connectivity index (χ1) is 8.29. The van der Waals surface area contributed by atoms with Gasteiger partial charge in [-0.3, -0.25) is 4.79 Å².